The molecule has 1 N–H and O–H groups in total. The summed E-state index contributed by atoms with van der Waals surface area (Å²) in [5.41, 5.74) is 1.15. The van der Waals surface area contributed by atoms with Crippen LogP contribution >= 0.6 is 0 Å². The van der Waals surface area contributed by atoms with E-state index in [2.05, 4.69) is 24.1 Å². The van der Waals surface area contributed by atoms with Crippen molar-refractivity contribution in [2.75, 3.05) is 39.9 Å². The normalized spacial score (nSPS) is 12.8. The number of hydrogen-bond acceptors (Lipinski definition) is 3. The van der Waals surface area contributed by atoms with E-state index in [1.54, 1.807) is 7.11 Å². The third kappa shape index (κ3) is 5.99. The molecule has 0 heterocycles. The van der Waals surface area contributed by atoms with Gasteiger partial charge in [0.15, 0.2) is 0 Å². The van der Waals surface area contributed by atoms with Gasteiger partial charge in [0.1, 0.15) is 5.82 Å². The fourth-order valence-corrected chi connectivity index (χ4v) is 2.29. The van der Waals surface area contributed by atoms with Gasteiger partial charge in [0.25, 0.3) is 0 Å². The largest absolute Gasteiger partial charge is 0.383 e. The van der Waals surface area contributed by atoms with E-state index in [0.717, 1.165) is 44.8 Å². The molecule has 0 aliphatic rings. The lowest BCUT2D eigenvalue weighted by Gasteiger charge is -2.24. The van der Waals surface area contributed by atoms with Crippen LogP contribution in [0.5, 0.6) is 0 Å². The molecule has 1 atom stereocenters. The number of nitrogens with zero attached hydrogens (tertiary/aromatic N) is 1. The highest BCUT2D eigenvalue weighted by atomic mass is 19.1. The molecule has 4 heteroatoms. The number of nitrogens with one attached hydrogen (secondary N) is 1. The Kier molecular flexibility index (Phi) is 8.42. The molecule has 0 fully saturated rings. The molecular formula is C16H27FN2O. The zero-order chi connectivity index (χ0) is 14.8. The van der Waals surface area contributed by atoms with E-state index in [9.17, 15) is 4.39 Å². The number of methoxy groups -OCH3 is 1. The molecule has 20 heavy (non-hydrogen) atoms. The standard InChI is InChI=1S/C16H27FN2O/c1-4-18-16(14-6-8-15(17)9-7-14)10-11-19(5-2)12-13-20-3/h6-9,16,18H,4-5,10-13H2,1-3H3. The quantitative estimate of drug-likeness (QED) is 0.714. The summed E-state index contributed by atoms with van der Waals surface area (Å²) in [7, 11) is 1.73. The fraction of sp³-hybridized carbons (Fsp3) is 0.625. The van der Waals surface area contributed by atoms with Gasteiger partial charge in [0, 0.05) is 26.2 Å². The average Bonchev–Trinajstić information content (AvgIpc) is 2.47. The Morgan fingerprint density at radius 1 is 1.20 bits per heavy atom. The SMILES string of the molecule is CCNC(CCN(CC)CCOC)c1ccc(F)cc1. The van der Waals surface area contributed by atoms with Gasteiger partial charge in [-0.05, 0) is 37.2 Å². The van der Waals surface area contributed by atoms with Gasteiger partial charge in [-0.2, -0.15) is 0 Å². The second-order valence-corrected chi connectivity index (χ2v) is 4.88. The van der Waals surface area contributed by atoms with E-state index in [4.69, 9.17) is 4.74 Å². The smallest absolute Gasteiger partial charge is 0.123 e. The average molecular weight is 282 g/mol. The van der Waals surface area contributed by atoms with E-state index in [1.807, 2.05) is 12.1 Å². The Labute approximate surface area is 122 Å². The van der Waals surface area contributed by atoms with E-state index in [0.29, 0.717) is 0 Å². The molecule has 3 nitrogen and oxygen atoms in total. The predicted octanol–water partition coefficient (Wildman–Crippen LogP) is 2.83. The van der Waals surface area contributed by atoms with Crippen LogP contribution in [0.4, 0.5) is 4.39 Å². The second-order valence-electron chi connectivity index (χ2n) is 4.88. The summed E-state index contributed by atoms with van der Waals surface area (Å²) in [6.45, 7) is 8.91. The molecule has 1 rings (SSSR count). The number of halogens is 1. The van der Waals surface area contributed by atoms with Gasteiger partial charge in [-0.1, -0.05) is 26.0 Å². The highest BCUT2D eigenvalue weighted by molar-refractivity contribution is 5.19. The van der Waals surface area contributed by atoms with Gasteiger partial charge in [-0.3, -0.25) is 0 Å². The van der Waals surface area contributed by atoms with Gasteiger partial charge in [0.2, 0.25) is 0 Å². The molecule has 0 radical (unpaired) electrons. The molecule has 0 aliphatic carbocycles. The summed E-state index contributed by atoms with van der Waals surface area (Å²) in [6.07, 6.45) is 1.01. The van der Waals surface area contributed by atoms with Crippen molar-refractivity contribution in [2.45, 2.75) is 26.3 Å². The molecule has 1 aromatic carbocycles. The fourth-order valence-electron chi connectivity index (χ4n) is 2.29. The summed E-state index contributed by atoms with van der Waals surface area (Å²) < 4.78 is 18.1. The minimum Gasteiger partial charge on any atom is -0.383 e. The number of ether oxygens (including phenoxy) is 1. The Hall–Kier alpha value is -0.970. The summed E-state index contributed by atoms with van der Waals surface area (Å²) in [4.78, 5) is 2.37. The summed E-state index contributed by atoms with van der Waals surface area (Å²) >= 11 is 0. The minimum atomic E-state index is -0.181. The lowest BCUT2D eigenvalue weighted by molar-refractivity contribution is 0.148. The Morgan fingerprint density at radius 3 is 2.45 bits per heavy atom. The first-order valence-corrected chi connectivity index (χ1v) is 7.41. The van der Waals surface area contributed by atoms with Crippen molar-refractivity contribution in [2.24, 2.45) is 0 Å². The molecule has 1 aromatic rings. The lowest BCUT2D eigenvalue weighted by atomic mass is 10.0. The monoisotopic (exact) mass is 282 g/mol. The third-order valence-corrected chi connectivity index (χ3v) is 3.52. The molecule has 0 spiro atoms. The first-order chi connectivity index (χ1) is 9.71. The van der Waals surface area contributed by atoms with Crippen LogP contribution in [0.25, 0.3) is 0 Å². The van der Waals surface area contributed by atoms with Gasteiger partial charge >= 0.3 is 0 Å². The van der Waals surface area contributed by atoms with Crippen molar-refractivity contribution >= 4 is 0 Å². The van der Waals surface area contributed by atoms with Crippen molar-refractivity contribution in [3.05, 3.63) is 35.6 Å². The predicted molar refractivity (Wildman–Crippen MR) is 81.4 cm³/mol. The van der Waals surface area contributed by atoms with Crippen LogP contribution in [0.2, 0.25) is 0 Å². The molecule has 0 aromatic heterocycles. The first kappa shape index (κ1) is 17.1. The van der Waals surface area contributed by atoms with E-state index in [1.165, 1.54) is 12.1 Å². The van der Waals surface area contributed by atoms with Crippen LogP contribution in [0.3, 0.4) is 0 Å². The summed E-state index contributed by atoms with van der Waals surface area (Å²) in [6, 6.07) is 7.07. The Bertz CT molecular complexity index is 356. The zero-order valence-corrected chi connectivity index (χ0v) is 12.9. The summed E-state index contributed by atoms with van der Waals surface area (Å²) in [5.74, 6) is -0.181. The molecule has 0 saturated carbocycles. The highest BCUT2D eigenvalue weighted by Crippen LogP contribution is 2.17. The molecule has 0 saturated heterocycles. The van der Waals surface area contributed by atoms with E-state index >= 15 is 0 Å². The Morgan fingerprint density at radius 2 is 1.90 bits per heavy atom. The third-order valence-electron chi connectivity index (χ3n) is 3.52. The number of rotatable bonds is 10. The van der Waals surface area contributed by atoms with Crippen LogP contribution in [0.1, 0.15) is 31.9 Å². The van der Waals surface area contributed by atoms with Crippen LogP contribution in [-0.4, -0.2) is 44.8 Å². The lowest BCUT2D eigenvalue weighted by Crippen LogP contribution is -2.31. The number of hydrogen-bond donors (Lipinski definition) is 1. The van der Waals surface area contributed by atoms with E-state index < -0.39 is 0 Å². The zero-order valence-electron chi connectivity index (χ0n) is 12.9. The Balaban J connectivity index is 2.55. The maximum atomic E-state index is 13.0. The van der Waals surface area contributed by atoms with E-state index in [-0.39, 0.29) is 11.9 Å². The number of benzene rings is 1. The molecular weight excluding hydrogens is 255 g/mol. The number of likely N-dealkylation sites (N-methyl/N-ethyl adjacent to an activating group) is 1. The van der Waals surface area contributed by atoms with Crippen LogP contribution in [0.15, 0.2) is 24.3 Å². The van der Waals surface area contributed by atoms with Gasteiger partial charge in [0.05, 0.1) is 6.61 Å². The van der Waals surface area contributed by atoms with Crippen molar-refractivity contribution in [1.29, 1.82) is 0 Å². The first-order valence-electron chi connectivity index (χ1n) is 7.41. The molecule has 0 amide bonds. The maximum absolute atomic E-state index is 13.0. The molecule has 1 unspecified atom stereocenters. The van der Waals surface area contributed by atoms with Crippen LogP contribution in [0, 0.1) is 5.82 Å². The molecule has 0 bridgehead atoms. The van der Waals surface area contributed by atoms with Gasteiger partial charge in [-0.15, -0.1) is 0 Å². The minimum absolute atomic E-state index is 0.181. The van der Waals surface area contributed by atoms with Crippen molar-refractivity contribution in [1.82, 2.24) is 10.2 Å². The van der Waals surface area contributed by atoms with Crippen LogP contribution < -0.4 is 5.32 Å². The van der Waals surface area contributed by atoms with Crippen molar-refractivity contribution in [3.63, 3.8) is 0 Å². The van der Waals surface area contributed by atoms with Crippen LogP contribution in [-0.2, 0) is 4.74 Å². The summed E-state index contributed by atoms with van der Waals surface area (Å²) in [5, 5.41) is 3.47. The topological polar surface area (TPSA) is 24.5 Å². The van der Waals surface area contributed by atoms with Crippen molar-refractivity contribution < 1.29 is 9.13 Å². The highest BCUT2D eigenvalue weighted by Gasteiger charge is 2.12. The van der Waals surface area contributed by atoms with Crippen molar-refractivity contribution in [3.8, 4) is 0 Å². The maximum Gasteiger partial charge on any atom is 0.123 e. The molecule has 114 valence electrons. The molecule has 0 aliphatic heterocycles. The van der Waals surface area contributed by atoms with Gasteiger partial charge < -0.3 is 15.0 Å². The second kappa shape index (κ2) is 9.86. The van der Waals surface area contributed by atoms with Gasteiger partial charge in [-0.25, -0.2) is 4.39 Å².